The molecule has 0 spiro atoms. The smallest absolute Gasteiger partial charge is 0.261 e. The number of hydrogen-bond donors (Lipinski definition) is 3. The van der Waals surface area contributed by atoms with Gasteiger partial charge in [-0.15, -0.1) is 0 Å². The summed E-state index contributed by atoms with van der Waals surface area (Å²) >= 11 is 0. The normalized spacial score (nSPS) is 24.0. The van der Waals surface area contributed by atoms with E-state index in [1.54, 1.807) is 12.1 Å². The first kappa shape index (κ1) is 21.8. The molecule has 8 nitrogen and oxygen atoms in total. The summed E-state index contributed by atoms with van der Waals surface area (Å²) in [6.07, 6.45) is 2.27. The highest BCUT2D eigenvalue weighted by Crippen LogP contribution is 2.37. The predicted molar refractivity (Wildman–Crippen MR) is 139 cm³/mol. The Hall–Kier alpha value is -3.43. The Balaban J connectivity index is 1.41. The average Bonchev–Trinajstić information content (AvgIpc) is 3.34. The van der Waals surface area contributed by atoms with Crippen molar-refractivity contribution in [3.63, 3.8) is 0 Å². The Labute approximate surface area is 207 Å². The fourth-order valence-electron chi connectivity index (χ4n) is 6.11. The van der Waals surface area contributed by atoms with Crippen LogP contribution in [0, 0.1) is 11.7 Å². The summed E-state index contributed by atoms with van der Waals surface area (Å²) in [6.45, 7) is 5.52. The van der Waals surface area contributed by atoms with Crippen molar-refractivity contribution in [1.29, 1.82) is 0 Å². The second kappa shape index (κ2) is 8.60. The van der Waals surface area contributed by atoms with Gasteiger partial charge < -0.3 is 29.8 Å². The van der Waals surface area contributed by atoms with Gasteiger partial charge in [-0.3, -0.25) is 4.79 Å². The maximum absolute atomic E-state index is 15.6. The van der Waals surface area contributed by atoms with Crippen molar-refractivity contribution in [2.45, 2.75) is 18.9 Å². The average molecular weight is 489 g/mol. The zero-order valence-corrected chi connectivity index (χ0v) is 20.0. The number of para-hydroxylation sites is 2. The van der Waals surface area contributed by atoms with Crippen molar-refractivity contribution in [3.05, 3.63) is 52.6 Å². The molecule has 6 heterocycles. The Morgan fingerprint density at radius 2 is 1.83 bits per heavy atom. The minimum absolute atomic E-state index is 0.197. The number of morpholine rings is 1. The van der Waals surface area contributed by atoms with Gasteiger partial charge in [0.25, 0.3) is 5.56 Å². The molecule has 0 unspecified atom stereocenters. The van der Waals surface area contributed by atoms with E-state index in [4.69, 9.17) is 9.72 Å². The van der Waals surface area contributed by atoms with Crippen LogP contribution in [-0.4, -0.2) is 71.8 Å². The van der Waals surface area contributed by atoms with Crippen LogP contribution in [0.2, 0.25) is 0 Å². The molecule has 36 heavy (non-hydrogen) atoms. The number of anilines is 2. The van der Waals surface area contributed by atoms with Gasteiger partial charge in [-0.1, -0.05) is 12.1 Å². The third-order valence-electron chi connectivity index (χ3n) is 8.05. The highest BCUT2D eigenvalue weighted by Gasteiger charge is 2.35. The first-order valence-electron chi connectivity index (χ1n) is 12.8. The van der Waals surface area contributed by atoms with E-state index >= 15 is 4.39 Å². The minimum atomic E-state index is -0.302. The Bertz CT molecular complexity index is 1470. The number of halogens is 1. The van der Waals surface area contributed by atoms with Crippen LogP contribution in [0.15, 0.2) is 41.2 Å². The largest absolute Gasteiger partial charge is 0.379 e. The molecular formula is C27H29FN6O2. The van der Waals surface area contributed by atoms with Crippen molar-refractivity contribution in [3.8, 4) is 11.4 Å². The second-order valence-electron chi connectivity index (χ2n) is 10.1. The van der Waals surface area contributed by atoms with Gasteiger partial charge in [-0.05, 0) is 56.1 Å². The third kappa shape index (κ3) is 3.65. The summed E-state index contributed by atoms with van der Waals surface area (Å²) in [5.41, 5.74) is 3.58. The molecule has 186 valence electrons. The standard InChI is InChI=1S/C27H29FN6O2/c28-18-13-17-21(14-23(18)34-9-11-36-12-10-34)32-27(35)24(26-30-19-3-1-2-4-20(19)31-26)25(17)29-22-15-33-7-5-16(22)6-8-33/h1-4,13-14,16,22H,5-12,15H2,(H,30,31)(H2,29,32,35)/t22-/m0/s1. The van der Waals surface area contributed by atoms with Gasteiger partial charge in [0.05, 0.1) is 41.1 Å². The topological polar surface area (TPSA) is 89.3 Å². The first-order chi connectivity index (χ1) is 17.6. The predicted octanol–water partition coefficient (Wildman–Crippen LogP) is 3.55. The number of nitrogens with zero attached hydrogens (tertiary/aromatic N) is 3. The molecule has 0 aliphatic carbocycles. The molecule has 8 rings (SSSR count). The highest BCUT2D eigenvalue weighted by molar-refractivity contribution is 6.00. The summed E-state index contributed by atoms with van der Waals surface area (Å²) < 4.78 is 21.0. The van der Waals surface area contributed by atoms with Crippen molar-refractivity contribution >= 4 is 33.3 Å². The lowest BCUT2D eigenvalue weighted by molar-refractivity contribution is 0.0976. The maximum atomic E-state index is 15.6. The van der Waals surface area contributed by atoms with Crippen molar-refractivity contribution in [2.75, 3.05) is 56.2 Å². The molecule has 4 saturated heterocycles. The van der Waals surface area contributed by atoms with Crippen LogP contribution >= 0.6 is 0 Å². The van der Waals surface area contributed by atoms with Crippen LogP contribution < -0.4 is 15.8 Å². The maximum Gasteiger partial charge on any atom is 0.261 e. The second-order valence-corrected chi connectivity index (χ2v) is 10.1. The van der Waals surface area contributed by atoms with Crippen LogP contribution in [0.3, 0.4) is 0 Å². The Morgan fingerprint density at radius 1 is 1.03 bits per heavy atom. The van der Waals surface area contributed by atoms with Crippen LogP contribution in [0.4, 0.5) is 15.8 Å². The Morgan fingerprint density at radius 3 is 2.58 bits per heavy atom. The third-order valence-corrected chi connectivity index (χ3v) is 8.05. The van der Waals surface area contributed by atoms with E-state index in [1.807, 2.05) is 29.2 Å². The van der Waals surface area contributed by atoms with Gasteiger partial charge >= 0.3 is 0 Å². The number of pyridine rings is 1. The van der Waals surface area contributed by atoms with Crippen molar-refractivity contribution in [1.82, 2.24) is 19.9 Å². The monoisotopic (exact) mass is 488 g/mol. The lowest BCUT2D eigenvalue weighted by Gasteiger charge is -2.45. The Kier molecular flexibility index (Phi) is 5.21. The summed E-state index contributed by atoms with van der Waals surface area (Å²) in [5, 5.41) is 4.37. The van der Waals surface area contributed by atoms with Crippen LogP contribution in [0.5, 0.6) is 0 Å². The number of aromatic nitrogens is 3. The molecule has 2 aromatic carbocycles. The first-order valence-corrected chi connectivity index (χ1v) is 12.8. The van der Waals surface area contributed by atoms with E-state index in [9.17, 15) is 4.79 Å². The number of piperidine rings is 3. The zero-order chi connectivity index (χ0) is 24.2. The lowest BCUT2D eigenvalue weighted by Crippen LogP contribution is -2.53. The van der Waals surface area contributed by atoms with E-state index in [-0.39, 0.29) is 17.4 Å². The van der Waals surface area contributed by atoms with Gasteiger partial charge in [-0.2, -0.15) is 0 Å². The molecule has 0 saturated carbocycles. The summed E-state index contributed by atoms with van der Waals surface area (Å²) in [7, 11) is 0. The molecule has 4 aromatic rings. The van der Waals surface area contributed by atoms with Gasteiger partial charge in [0.1, 0.15) is 17.2 Å². The number of fused-ring (bicyclic) bond motifs is 5. The van der Waals surface area contributed by atoms with Crippen molar-refractivity contribution in [2.24, 2.45) is 5.92 Å². The summed E-state index contributed by atoms with van der Waals surface area (Å²) in [5.74, 6) is 0.718. The van der Waals surface area contributed by atoms with Gasteiger partial charge in [0.15, 0.2) is 0 Å². The quantitative estimate of drug-likeness (QED) is 0.407. The number of aromatic amines is 2. The number of ether oxygens (including phenoxy) is 1. The fourth-order valence-corrected chi connectivity index (χ4v) is 6.11. The lowest BCUT2D eigenvalue weighted by atomic mass is 9.83. The van der Waals surface area contributed by atoms with E-state index < -0.39 is 0 Å². The number of nitrogens with one attached hydrogen (secondary N) is 3. The number of hydrogen-bond acceptors (Lipinski definition) is 6. The molecule has 3 N–H and O–H groups in total. The molecule has 4 fully saturated rings. The van der Waals surface area contributed by atoms with Crippen LogP contribution in [-0.2, 0) is 4.74 Å². The minimum Gasteiger partial charge on any atom is -0.379 e. The van der Waals surface area contributed by atoms with Crippen LogP contribution in [0.1, 0.15) is 12.8 Å². The van der Waals surface area contributed by atoms with Gasteiger partial charge in [0, 0.05) is 31.1 Å². The fraction of sp³-hybridized carbons (Fsp3) is 0.407. The van der Waals surface area contributed by atoms with Gasteiger partial charge in [0.2, 0.25) is 0 Å². The van der Waals surface area contributed by atoms with E-state index in [1.165, 1.54) is 0 Å². The van der Waals surface area contributed by atoms with E-state index in [0.29, 0.717) is 65.9 Å². The van der Waals surface area contributed by atoms with E-state index in [0.717, 1.165) is 43.5 Å². The molecular weight excluding hydrogens is 459 g/mol. The molecule has 0 radical (unpaired) electrons. The van der Waals surface area contributed by atoms with Crippen LogP contribution in [0.25, 0.3) is 33.3 Å². The molecule has 2 bridgehead atoms. The van der Waals surface area contributed by atoms with Gasteiger partial charge in [-0.25, -0.2) is 9.37 Å². The molecule has 4 aliphatic rings. The molecule has 2 aromatic heterocycles. The highest BCUT2D eigenvalue weighted by atomic mass is 19.1. The summed E-state index contributed by atoms with van der Waals surface area (Å²) in [4.78, 5) is 29.1. The zero-order valence-electron chi connectivity index (χ0n) is 20.0. The van der Waals surface area contributed by atoms with Crippen molar-refractivity contribution < 1.29 is 9.13 Å². The number of imidazole rings is 1. The number of benzene rings is 2. The van der Waals surface area contributed by atoms with E-state index in [2.05, 4.69) is 20.2 Å². The number of H-pyrrole nitrogens is 2. The molecule has 1 atom stereocenters. The molecule has 9 heteroatoms. The molecule has 4 aliphatic heterocycles. The number of rotatable bonds is 4. The summed E-state index contributed by atoms with van der Waals surface area (Å²) in [6, 6.07) is 11.2. The molecule has 0 amide bonds. The SMILES string of the molecule is O=c1[nH]c2cc(N3CCOCC3)c(F)cc2c(N[C@H]2CN3CCC2CC3)c1-c1nc2ccccc2[nH]1.